The SMILES string of the molecule is Cc1ncc(C(=O)O)c(-c2cccc([N+](=O)[O-])c2)c1C(=O)O. The third-order valence-electron chi connectivity index (χ3n) is 3.06. The van der Waals surface area contributed by atoms with Crippen LogP contribution in [0.1, 0.15) is 26.4 Å². The highest BCUT2D eigenvalue weighted by molar-refractivity contribution is 6.05. The number of nitro benzene ring substituents is 1. The molecule has 0 aliphatic carbocycles. The van der Waals surface area contributed by atoms with Crippen molar-refractivity contribution in [1.29, 1.82) is 0 Å². The standard InChI is InChI=1S/C14H10N2O6/c1-7-11(14(19)20)12(10(6-15-7)13(17)18)8-3-2-4-9(5-8)16(21)22/h2-6H,1H3,(H,17,18)(H,19,20). The zero-order valence-electron chi connectivity index (χ0n) is 11.3. The lowest BCUT2D eigenvalue weighted by atomic mass is 9.94. The van der Waals surface area contributed by atoms with Crippen LogP contribution in [-0.4, -0.2) is 32.1 Å². The minimum Gasteiger partial charge on any atom is -0.478 e. The molecule has 2 rings (SSSR count). The molecule has 2 aromatic rings. The van der Waals surface area contributed by atoms with Crippen molar-refractivity contribution >= 4 is 17.6 Å². The van der Waals surface area contributed by atoms with Crippen LogP contribution in [0.4, 0.5) is 5.69 Å². The predicted molar refractivity (Wildman–Crippen MR) is 75.0 cm³/mol. The number of nitrogens with zero attached hydrogens (tertiary/aromatic N) is 2. The Morgan fingerprint density at radius 2 is 1.91 bits per heavy atom. The summed E-state index contributed by atoms with van der Waals surface area (Å²) in [6.07, 6.45) is 1.04. The quantitative estimate of drug-likeness (QED) is 0.654. The average molecular weight is 302 g/mol. The van der Waals surface area contributed by atoms with Crippen molar-refractivity contribution in [2.45, 2.75) is 6.92 Å². The number of aromatic carboxylic acids is 2. The molecule has 0 saturated carbocycles. The Balaban J connectivity index is 2.85. The lowest BCUT2D eigenvalue weighted by Gasteiger charge is -2.12. The number of hydrogen-bond acceptors (Lipinski definition) is 5. The molecule has 0 aliphatic heterocycles. The van der Waals surface area contributed by atoms with Crippen molar-refractivity contribution in [3.05, 3.63) is 57.4 Å². The van der Waals surface area contributed by atoms with Crippen molar-refractivity contribution in [3.8, 4) is 11.1 Å². The summed E-state index contributed by atoms with van der Waals surface area (Å²) in [6.45, 7) is 1.43. The molecule has 22 heavy (non-hydrogen) atoms. The number of carboxylic acids is 2. The molecule has 0 saturated heterocycles. The van der Waals surface area contributed by atoms with Gasteiger partial charge in [-0.3, -0.25) is 15.1 Å². The molecule has 1 heterocycles. The van der Waals surface area contributed by atoms with Crippen molar-refractivity contribution in [2.75, 3.05) is 0 Å². The van der Waals surface area contributed by atoms with Crippen molar-refractivity contribution in [3.63, 3.8) is 0 Å². The molecular formula is C14H10N2O6. The Morgan fingerprint density at radius 3 is 2.45 bits per heavy atom. The van der Waals surface area contributed by atoms with Gasteiger partial charge in [0, 0.05) is 23.9 Å². The van der Waals surface area contributed by atoms with Crippen LogP contribution < -0.4 is 0 Å². The zero-order valence-corrected chi connectivity index (χ0v) is 11.3. The summed E-state index contributed by atoms with van der Waals surface area (Å²) < 4.78 is 0. The second-order valence-electron chi connectivity index (χ2n) is 4.43. The first-order chi connectivity index (χ1) is 10.3. The molecule has 0 atom stereocenters. The van der Waals surface area contributed by atoms with Gasteiger partial charge in [-0.25, -0.2) is 9.59 Å². The predicted octanol–water partition coefficient (Wildman–Crippen LogP) is 2.36. The molecule has 8 nitrogen and oxygen atoms in total. The monoisotopic (exact) mass is 302 g/mol. The van der Waals surface area contributed by atoms with Crippen LogP contribution in [-0.2, 0) is 0 Å². The van der Waals surface area contributed by atoms with Gasteiger partial charge < -0.3 is 10.2 Å². The van der Waals surface area contributed by atoms with Gasteiger partial charge in [0.15, 0.2) is 0 Å². The Hall–Kier alpha value is -3.29. The van der Waals surface area contributed by atoms with Gasteiger partial charge >= 0.3 is 11.9 Å². The minimum absolute atomic E-state index is 0.101. The summed E-state index contributed by atoms with van der Waals surface area (Å²) >= 11 is 0. The molecule has 0 amide bonds. The molecule has 8 heteroatoms. The number of rotatable bonds is 4. The van der Waals surface area contributed by atoms with Gasteiger partial charge in [-0.2, -0.15) is 0 Å². The van der Waals surface area contributed by atoms with E-state index in [1.54, 1.807) is 0 Å². The number of aryl methyl sites for hydroxylation is 1. The second-order valence-corrected chi connectivity index (χ2v) is 4.43. The Morgan fingerprint density at radius 1 is 1.23 bits per heavy atom. The first kappa shape index (κ1) is 15.1. The molecule has 112 valence electrons. The Labute approximate surface area is 123 Å². The van der Waals surface area contributed by atoms with Crippen LogP contribution in [0.15, 0.2) is 30.5 Å². The third-order valence-corrected chi connectivity index (χ3v) is 3.06. The number of aromatic nitrogens is 1. The summed E-state index contributed by atoms with van der Waals surface area (Å²) in [7, 11) is 0. The fourth-order valence-corrected chi connectivity index (χ4v) is 2.10. The first-order valence-corrected chi connectivity index (χ1v) is 6.04. The van der Waals surface area contributed by atoms with Gasteiger partial charge in [0.2, 0.25) is 0 Å². The van der Waals surface area contributed by atoms with E-state index in [1.807, 2.05) is 0 Å². The molecule has 0 radical (unpaired) electrons. The molecule has 2 N–H and O–H groups in total. The fourth-order valence-electron chi connectivity index (χ4n) is 2.10. The summed E-state index contributed by atoms with van der Waals surface area (Å²) in [6, 6.07) is 5.15. The van der Waals surface area contributed by atoms with E-state index in [-0.39, 0.29) is 33.6 Å². The largest absolute Gasteiger partial charge is 0.478 e. The normalized spacial score (nSPS) is 10.2. The number of hydrogen-bond donors (Lipinski definition) is 2. The van der Waals surface area contributed by atoms with Crippen molar-refractivity contribution in [1.82, 2.24) is 4.98 Å². The third kappa shape index (κ3) is 2.62. The summed E-state index contributed by atoms with van der Waals surface area (Å²) in [5.41, 5.74) is -0.728. The lowest BCUT2D eigenvalue weighted by molar-refractivity contribution is -0.384. The van der Waals surface area contributed by atoms with Gasteiger partial charge in [-0.15, -0.1) is 0 Å². The Bertz CT molecular complexity index is 800. The van der Waals surface area contributed by atoms with E-state index in [9.17, 15) is 29.9 Å². The molecule has 1 aromatic carbocycles. The van der Waals surface area contributed by atoms with Gasteiger partial charge in [0.25, 0.3) is 5.69 Å². The van der Waals surface area contributed by atoms with E-state index in [0.29, 0.717) is 0 Å². The highest BCUT2D eigenvalue weighted by Crippen LogP contribution is 2.31. The van der Waals surface area contributed by atoms with E-state index in [1.165, 1.54) is 25.1 Å². The highest BCUT2D eigenvalue weighted by atomic mass is 16.6. The maximum absolute atomic E-state index is 11.4. The second kappa shape index (κ2) is 5.60. The minimum atomic E-state index is -1.36. The fraction of sp³-hybridized carbons (Fsp3) is 0.0714. The molecule has 0 unspecified atom stereocenters. The van der Waals surface area contributed by atoms with Crippen LogP contribution >= 0.6 is 0 Å². The van der Waals surface area contributed by atoms with Crippen molar-refractivity contribution < 1.29 is 24.7 Å². The number of carbonyl (C=O) groups is 2. The number of pyridine rings is 1. The van der Waals surface area contributed by atoms with Crippen LogP contribution in [0, 0.1) is 17.0 Å². The lowest BCUT2D eigenvalue weighted by Crippen LogP contribution is -2.11. The molecule has 1 aromatic heterocycles. The molecule has 0 spiro atoms. The first-order valence-electron chi connectivity index (χ1n) is 6.04. The number of benzene rings is 1. The van der Waals surface area contributed by atoms with Gasteiger partial charge in [-0.1, -0.05) is 12.1 Å². The number of nitro groups is 1. The van der Waals surface area contributed by atoms with Gasteiger partial charge in [0.05, 0.1) is 21.7 Å². The van der Waals surface area contributed by atoms with Crippen LogP contribution in [0.25, 0.3) is 11.1 Å². The van der Waals surface area contributed by atoms with Crippen LogP contribution in [0.5, 0.6) is 0 Å². The van der Waals surface area contributed by atoms with Crippen LogP contribution in [0.2, 0.25) is 0 Å². The number of non-ortho nitro benzene ring substituents is 1. The molecule has 0 bridgehead atoms. The maximum atomic E-state index is 11.4. The van der Waals surface area contributed by atoms with E-state index in [2.05, 4.69) is 4.98 Å². The van der Waals surface area contributed by atoms with E-state index in [4.69, 9.17) is 0 Å². The van der Waals surface area contributed by atoms with E-state index < -0.39 is 16.9 Å². The van der Waals surface area contributed by atoms with Crippen LogP contribution in [0.3, 0.4) is 0 Å². The topological polar surface area (TPSA) is 131 Å². The molecular weight excluding hydrogens is 292 g/mol. The van der Waals surface area contributed by atoms with Gasteiger partial charge in [0.1, 0.15) is 0 Å². The van der Waals surface area contributed by atoms with E-state index >= 15 is 0 Å². The summed E-state index contributed by atoms with van der Waals surface area (Å²) in [4.78, 5) is 36.8. The maximum Gasteiger partial charge on any atom is 0.338 e. The summed E-state index contributed by atoms with van der Waals surface area (Å²) in [5, 5.41) is 29.4. The zero-order chi connectivity index (χ0) is 16.4. The van der Waals surface area contributed by atoms with Crippen molar-refractivity contribution in [2.24, 2.45) is 0 Å². The molecule has 0 fully saturated rings. The average Bonchev–Trinajstić information content (AvgIpc) is 2.46. The smallest absolute Gasteiger partial charge is 0.338 e. The number of carboxylic acid groups (broad SMARTS) is 2. The molecule has 0 aliphatic rings. The summed E-state index contributed by atoms with van der Waals surface area (Å²) in [5.74, 6) is -2.72. The Kier molecular flexibility index (Phi) is 3.85. The highest BCUT2D eigenvalue weighted by Gasteiger charge is 2.24. The van der Waals surface area contributed by atoms with E-state index in [0.717, 1.165) is 12.3 Å². The van der Waals surface area contributed by atoms with Gasteiger partial charge in [-0.05, 0) is 12.5 Å².